The summed E-state index contributed by atoms with van der Waals surface area (Å²) in [5.74, 6) is 0. The van der Waals surface area contributed by atoms with Gasteiger partial charge in [0.05, 0.1) is 0 Å². The van der Waals surface area contributed by atoms with Gasteiger partial charge in [-0.3, -0.25) is 0 Å². The number of fused-ring (bicyclic) bond motifs is 7. The molecular weight excluding hydrogens is 410 g/mol. The van der Waals surface area contributed by atoms with Gasteiger partial charge in [0.15, 0.2) is 0 Å². The van der Waals surface area contributed by atoms with E-state index in [1.807, 2.05) is 0 Å². The quantitative estimate of drug-likeness (QED) is 0.216. The van der Waals surface area contributed by atoms with E-state index < -0.39 is 0 Å². The second-order valence-electron chi connectivity index (χ2n) is 9.24. The summed E-state index contributed by atoms with van der Waals surface area (Å²) in [5.41, 5.74) is 1.16. The molecule has 0 spiro atoms. The van der Waals surface area contributed by atoms with E-state index in [0.29, 0.717) is 0 Å². The molecule has 0 unspecified atom stereocenters. The topological polar surface area (TPSA) is 12.0 Å². The summed E-state index contributed by atoms with van der Waals surface area (Å²) in [7, 11) is 0. The van der Waals surface area contributed by atoms with Crippen molar-refractivity contribution in [3.63, 3.8) is 0 Å². The van der Waals surface area contributed by atoms with E-state index in [0.717, 1.165) is 12.1 Å². The van der Waals surface area contributed by atoms with E-state index in [1.54, 1.807) is 0 Å². The van der Waals surface area contributed by atoms with Crippen LogP contribution < -0.4 is 5.32 Å². The number of benzene rings is 7. The van der Waals surface area contributed by atoms with Gasteiger partial charge in [0, 0.05) is 17.6 Å². The van der Waals surface area contributed by atoms with Crippen LogP contribution in [0.1, 0.15) is 13.3 Å². The first-order valence-electron chi connectivity index (χ1n) is 12.0. The summed E-state index contributed by atoms with van der Waals surface area (Å²) < 4.78 is 0. The standard InChI is InChI=1S/C33H24N/c1-2-12-34-33-9-5-8-23-15-27-17-25-11-10-24-16-26-13-21-6-3-4-7-22(21)14-28(26)18-30(24)31(25)19-29(27)20-32(23)33/h3-20,34H,2H2,1H3. The van der Waals surface area contributed by atoms with Gasteiger partial charge in [0.2, 0.25) is 0 Å². The molecule has 1 N–H and O–H groups in total. The third kappa shape index (κ3) is 3.01. The van der Waals surface area contributed by atoms with Gasteiger partial charge in [-0.05, 0) is 120 Å². The van der Waals surface area contributed by atoms with Crippen LogP contribution in [0.2, 0.25) is 0 Å². The molecule has 161 valence electrons. The van der Waals surface area contributed by atoms with Crippen molar-refractivity contribution in [2.75, 3.05) is 5.32 Å². The molecule has 34 heavy (non-hydrogen) atoms. The Bertz CT molecular complexity index is 1900. The molecule has 0 fully saturated rings. The van der Waals surface area contributed by atoms with Crippen molar-refractivity contribution in [2.24, 2.45) is 0 Å². The maximum absolute atomic E-state index is 3.48. The van der Waals surface area contributed by atoms with E-state index in [2.05, 4.69) is 122 Å². The Morgan fingerprint density at radius 3 is 1.56 bits per heavy atom. The Morgan fingerprint density at radius 1 is 0.471 bits per heavy atom. The lowest BCUT2D eigenvalue weighted by atomic mass is 9.94. The van der Waals surface area contributed by atoms with Gasteiger partial charge < -0.3 is 5.32 Å². The predicted octanol–water partition coefficient (Wildman–Crippen LogP) is 9.59. The molecule has 0 aliphatic heterocycles. The fourth-order valence-electron chi connectivity index (χ4n) is 5.36. The summed E-state index contributed by atoms with van der Waals surface area (Å²) in [4.78, 5) is 0. The molecular formula is C33H24N. The molecule has 0 saturated heterocycles. The van der Waals surface area contributed by atoms with E-state index in [4.69, 9.17) is 0 Å². The molecule has 0 aliphatic carbocycles. The summed E-state index contributed by atoms with van der Waals surface area (Å²) in [6.07, 6.45) is 0.990. The summed E-state index contributed by atoms with van der Waals surface area (Å²) in [5, 5.41) is 18.9. The molecule has 7 aromatic rings. The third-order valence-corrected chi connectivity index (χ3v) is 7.07. The Kier molecular flexibility index (Phi) is 4.25. The fraction of sp³-hybridized carbons (Fsp3) is 0.0606. The Hall–Kier alpha value is -4.10. The van der Waals surface area contributed by atoms with Crippen molar-refractivity contribution < 1.29 is 0 Å². The first-order valence-corrected chi connectivity index (χ1v) is 12.0. The van der Waals surface area contributed by atoms with Crippen LogP contribution in [0, 0.1) is 6.54 Å². The molecule has 1 radical (unpaired) electrons. The Balaban J connectivity index is 1.51. The minimum atomic E-state index is 0.990. The minimum Gasteiger partial charge on any atom is -0.380 e. The van der Waals surface area contributed by atoms with Gasteiger partial charge in [-0.1, -0.05) is 55.5 Å². The van der Waals surface area contributed by atoms with E-state index >= 15 is 0 Å². The number of nitrogens with one attached hydrogen (secondary N) is 1. The summed E-state index contributed by atoms with van der Waals surface area (Å²) in [6.45, 7) is 4.26. The van der Waals surface area contributed by atoms with E-state index in [-0.39, 0.29) is 0 Å². The molecule has 1 nitrogen and oxygen atoms in total. The number of hydrogen-bond donors (Lipinski definition) is 1. The highest BCUT2D eigenvalue weighted by Gasteiger charge is 2.08. The zero-order valence-corrected chi connectivity index (χ0v) is 19.1. The Labute approximate surface area is 198 Å². The minimum absolute atomic E-state index is 0.990. The second kappa shape index (κ2) is 7.46. The van der Waals surface area contributed by atoms with Crippen molar-refractivity contribution in [1.82, 2.24) is 0 Å². The second-order valence-corrected chi connectivity index (χ2v) is 9.24. The molecule has 0 atom stereocenters. The zero-order chi connectivity index (χ0) is 22.6. The van der Waals surface area contributed by atoms with Crippen LogP contribution in [-0.4, -0.2) is 0 Å². The molecule has 0 heterocycles. The highest BCUT2D eigenvalue weighted by molar-refractivity contribution is 6.17. The molecule has 0 saturated carbocycles. The average molecular weight is 435 g/mol. The first-order chi connectivity index (χ1) is 16.8. The Morgan fingerprint density at radius 2 is 0.941 bits per heavy atom. The molecule has 0 aliphatic rings. The van der Waals surface area contributed by atoms with Gasteiger partial charge in [0.25, 0.3) is 0 Å². The molecule has 0 aromatic heterocycles. The monoisotopic (exact) mass is 434 g/mol. The van der Waals surface area contributed by atoms with Crippen LogP contribution >= 0.6 is 0 Å². The molecule has 0 amide bonds. The van der Waals surface area contributed by atoms with Crippen LogP contribution in [0.15, 0.2) is 103 Å². The van der Waals surface area contributed by atoms with Crippen molar-refractivity contribution >= 4 is 70.3 Å². The van der Waals surface area contributed by atoms with Crippen molar-refractivity contribution in [3.05, 3.63) is 110 Å². The van der Waals surface area contributed by atoms with Crippen molar-refractivity contribution in [3.8, 4) is 0 Å². The summed E-state index contributed by atoms with van der Waals surface area (Å²) in [6, 6.07) is 38.3. The predicted molar refractivity (Wildman–Crippen MR) is 150 cm³/mol. The normalized spacial score (nSPS) is 11.9. The number of hydrogen-bond acceptors (Lipinski definition) is 1. The lowest BCUT2D eigenvalue weighted by Gasteiger charge is -2.12. The largest absolute Gasteiger partial charge is 0.380 e. The maximum Gasteiger partial charge on any atom is 0.0460 e. The number of anilines is 1. The van der Waals surface area contributed by atoms with Gasteiger partial charge >= 0.3 is 0 Å². The van der Waals surface area contributed by atoms with Crippen molar-refractivity contribution in [2.45, 2.75) is 13.3 Å². The SMILES string of the molecule is CC[CH]Nc1cccc2cc3cc4ccc5cc6cc7ccccc7cc6cc5c4cc3cc12. The smallest absolute Gasteiger partial charge is 0.0460 e. The van der Waals surface area contributed by atoms with Crippen LogP contribution in [0.5, 0.6) is 0 Å². The van der Waals surface area contributed by atoms with Crippen LogP contribution in [0.3, 0.4) is 0 Å². The molecule has 7 aromatic carbocycles. The lowest BCUT2D eigenvalue weighted by Crippen LogP contribution is -1.94. The van der Waals surface area contributed by atoms with Gasteiger partial charge in [0.1, 0.15) is 0 Å². The van der Waals surface area contributed by atoms with Crippen LogP contribution in [-0.2, 0) is 0 Å². The third-order valence-electron chi connectivity index (χ3n) is 7.07. The molecule has 7 rings (SSSR count). The van der Waals surface area contributed by atoms with E-state index in [9.17, 15) is 0 Å². The van der Waals surface area contributed by atoms with E-state index in [1.165, 1.54) is 64.6 Å². The molecule has 0 bridgehead atoms. The number of rotatable bonds is 3. The van der Waals surface area contributed by atoms with Crippen LogP contribution in [0.4, 0.5) is 5.69 Å². The van der Waals surface area contributed by atoms with Gasteiger partial charge in [-0.15, -0.1) is 0 Å². The van der Waals surface area contributed by atoms with Gasteiger partial charge in [-0.25, -0.2) is 0 Å². The average Bonchev–Trinajstić information content (AvgIpc) is 2.87. The van der Waals surface area contributed by atoms with Gasteiger partial charge in [-0.2, -0.15) is 0 Å². The lowest BCUT2D eigenvalue weighted by molar-refractivity contribution is 1.10. The summed E-state index contributed by atoms with van der Waals surface area (Å²) >= 11 is 0. The first kappa shape index (κ1) is 19.4. The molecule has 1 heteroatoms. The maximum atomic E-state index is 3.48. The van der Waals surface area contributed by atoms with Crippen molar-refractivity contribution in [1.29, 1.82) is 0 Å². The highest BCUT2D eigenvalue weighted by Crippen LogP contribution is 2.36. The fourth-order valence-corrected chi connectivity index (χ4v) is 5.36. The highest BCUT2D eigenvalue weighted by atomic mass is 14.9. The zero-order valence-electron chi connectivity index (χ0n) is 19.1. The van der Waals surface area contributed by atoms with Crippen LogP contribution in [0.25, 0.3) is 64.6 Å².